The zero-order valence-electron chi connectivity index (χ0n) is 11.0. The molecule has 1 heterocycles. The fraction of sp³-hybridized carbons (Fsp3) is 0.533. The van der Waals surface area contributed by atoms with E-state index in [0.717, 1.165) is 19.4 Å². The van der Waals surface area contributed by atoms with Gasteiger partial charge in [0.05, 0.1) is 19.3 Å². The maximum absolute atomic E-state index is 11.7. The average molecular weight is 247 g/mol. The molecule has 0 aliphatic carbocycles. The van der Waals surface area contributed by atoms with Crippen LogP contribution in [0, 0.1) is 0 Å². The Bertz CT molecular complexity index is 377. The Morgan fingerprint density at radius 3 is 2.89 bits per heavy atom. The van der Waals surface area contributed by atoms with Crippen molar-refractivity contribution in [3.8, 4) is 0 Å². The van der Waals surface area contributed by atoms with Crippen LogP contribution in [0.4, 0.5) is 0 Å². The zero-order valence-corrected chi connectivity index (χ0v) is 11.0. The van der Waals surface area contributed by atoms with Crippen LogP contribution in [-0.4, -0.2) is 30.0 Å². The van der Waals surface area contributed by atoms with Crippen molar-refractivity contribution in [2.75, 3.05) is 13.2 Å². The topological polar surface area (TPSA) is 29.5 Å². The van der Waals surface area contributed by atoms with Crippen LogP contribution < -0.4 is 0 Å². The van der Waals surface area contributed by atoms with Crippen molar-refractivity contribution < 1.29 is 9.53 Å². The predicted molar refractivity (Wildman–Crippen MR) is 71.1 cm³/mol. The molecule has 1 amide bonds. The molecule has 0 aromatic heterocycles. The van der Waals surface area contributed by atoms with Crippen LogP contribution in [0.3, 0.4) is 0 Å². The minimum atomic E-state index is 0.251. The minimum Gasteiger partial charge on any atom is -0.375 e. The van der Waals surface area contributed by atoms with Gasteiger partial charge in [-0.25, -0.2) is 0 Å². The minimum absolute atomic E-state index is 0.251. The standard InChI is InChI=1S/C15H21NO2/c1-2-15(17)16-10-6-9-14(16)12-18-11-13-7-4-3-5-8-13/h3-5,7-8,14H,2,6,9-12H2,1H3/t14-/m0/s1. The lowest BCUT2D eigenvalue weighted by atomic mass is 10.2. The highest BCUT2D eigenvalue weighted by atomic mass is 16.5. The number of carbonyl (C=O) groups is 1. The molecule has 1 saturated heterocycles. The molecule has 0 bridgehead atoms. The fourth-order valence-corrected chi connectivity index (χ4v) is 2.43. The Labute approximate surface area is 109 Å². The first-order valence-electron chi connectivity index (χ1n) is 6.72. The molecule has 1 aromatic carbocycles. The lowest BCUT2D eigenvalue weighted by Gasteiger charge is -2.24. The summed E-state index contributed by atoms with van der Waals surface area (Å²) >= 11 is 0. The van der Waals surface area contributed by atoms with E-state index >= 15 is 0 Å². The van der Waals surface area contributed by atoms with Crippen molar-refractivity contribution in [3.05, 3.63) is 35.9 Å². The van der Waals surface area contributed by atoms with Gasteiger partial charge in [0.15, 0.2) is 0 Å². The van der Waals surface area contributed by atoms with Crippen LogP contribution in [0.1, 0.15) is 31.7 Å². The van der Waals surface area contributed by atoms with E-state index in [4.69, 9.17) is 4.74 Å². The Balaban J connectivity index is 1.78. The highest BCUT2D eigenvalue weighted by molar-refractivity contribution is 5.76. The Kier molecular flexibility index (Phi) is 4.76. The largest absolute Gasteiger partial charge is 0.375 e. The normalized spacial score (nSPS) is 19.2. The first kappa shape index (κ1) is 13.1. The van der Waals surface area contributed by atoms with Crippen molar-refractivity contribution in [3.63, 3.8) is 0 Å². The molecule has 3 heteroatoms. The van der Waals surface area contributed by atoms with Crippen molar-refractivity contribution in [2.45, 2.75) is 38.8 Å². The summed E-state index contributed by atoms with van der Waals surface area (Å²) in [5.74, 6) is 0.251. The van der Waals surface area contributed by atoms with E-state index in [2.05, 4.69) is 12.1 Å². The number of benzene rings is 1. The molecule has 1 aliphatic heterocycles. The van der Waals surface area contributed by atoms with Gasteiger partial charge >= 0.3 is 0 Å². The van der Waals surface area contributed by atoms with E-state index in [0.29, 0.717) is 19.6 Å². The number of carbonyl (C=O) groups excluding carboxylic acids is 1. The summed E-state index contributed by atoms with van der Waals surface area (Å²) in [5.41, 5.74) is 1.18. The van der Waals surface area contributed by atoms with Crippen LogP contribution in [-0.2, 0) is 16.1 Å². The van der Waals surface area contributed by atoms with E-state index in [-0.39, 0.29) is 11.9 Å². The smallest absolute Gasteiger partial charge is 0.222 e. The van der Waals surface area contributed by atoms with Gasteiger partial charge in [0.1, 0.15) is 0 Å². The summed E-state index contributed by atoms with van der Waals surface area (Å²) in [4.78, 5) is 13.7. The number of amides is 1. The monoisotopic (exact) mass is 247 g/mol. The lowest BCUT2D eigenvalue weighted by molar-refractivity contribution is -0.132. The second-order valence-corrected chi connectivity index (χ2v) is 4.74. The molecule has 0 radical (unpaired) electrons. The highest BCUT2D eigenvalue weighted by Crippen LogP contribution is 2.18. The van der Waals surface area contributed by atoms with Crippen LogP contribution in [0.5, 0.6) is 0 Å². The molecule has 0 unspecified atom stereocenters. The van der Waals surface area contributed by atoms with E-state index < -0.39 is 0 Å². The molecule has 3 nitrogen and oxygen atoms in total. The number of rotatable bonds is 5. The summed E-state index contributed by atoms with van der Waals surface area (Å²) in [6.45, 7) is 4.10. The first-order valence-corrected chi connectivity index (χ1v) is 6.72. The number of hydrogen-bond donors (Lipinski definition) is 0. The summed E-state index contributed by atoms with van der Waals surface area (Å²) < 4.78 is 5.73. The predicted octanol–water partition coefficient (Wildman–Crippen LogP) is 2.60. The zero-order chi connectivity index (χ0) is 12.8. The third kappa shape index (κ3) is 3.33. The quantitative estimate of drug-likeness (QED) is 0.800. The average Bonchev–Trinajstić information content (AvgIpc) is 2.87. The highest BCUT2D eigenvalue weighted by Gasteiger charge is 2.27. The van der Waals surface area contributed by atoms with Gasteiger partial charge in [-0.2, -0.15) is 0 Å². The van der Waals surface area contributed by atoms with E-state index in [1.807, 2.05) is 30.0 Å². The molecule has 2 rings (SSSR count). The third-order valence-corrected chi connectivity index (χ3v) is 3.42. The number of nitrogens with zero attached hydrogens (tertiary/aromatic N) is 1. The van der Waals surface area contributed by atoms with Gasteiger partial charge in [-0.05, 0) is 18.4 Å². The number of hydrogen-bond acceptors (Lipinski definition) is 2. The van der Waals surface area contributed by atoms with Gasteiger partial charge < -0.3 is 9.64 Å². The van der Waals surface area contributed by atoms with Gasteiger partial charge in [0.2, 0.25) is 5.91 Å². The van der Waals surface area contributed by atoms with Gasteiger partial charge in [-0.1, -0.05) is 37.3 Å². The van der Waals surface area contributed by atoms with Gasteiger partial charge in [0.25, 0.3) is 0 Å². The second kappa shape index (κ2) is 6.55. The van der Waals surface area contributed by atoms with Crippen LogP contribution in [0.15, 0.2) is 30.3 Å². The molecule has 0 spiro atoms. The molecule has 98 valence electrons. The van der Waals surface area contributed by atoms with Gasteiger partial charge in [0, 0.05) is 13.0 Å². The summed E-state index contributed by atoms with van der Waals surface area (Å²) in [7, 11) is 0. The summed E-state index contributed by atoms with van der Waals surface area (Å²) in [5, 5.41) is 0. The van der Waals surface area contributed by atoms with E-state index in [9.17, 15) is 4.79 Å². The van der Waals surface area contributed by atoms with Crippen molar-refractivity contribution >= 4 is 5.91 Å². The summed E-state index contributed by atoms with van der Waals surface area (Å²) in [6, 6.07) is 10.4. The molecule has 1 fully saturated rings. The van der Waals surface area contributed by atoms with Crippen LogP contribution in [0.25, 0.3) is 0 Å². The maximum atomic E-state index is 11.7. The Morgan fingerprint density at radius 2 is 2.17 bits per heavy atom. The molecule has 0 N–H and O–H groups in total. The van der Waals surface area contributed by atoms with Crippen molar-refractivity contribution in [2.24, 2.45) is 0 Å². The lowest BCUT2D eigenvalue weighted by Crippen LogP contribution is -2.37. The van der Waals surface area contributed by atoms with E-state index in [1.54, 1.807) is 0 Å². The molecule has 1 atom stereocenters. The Hall–Kier alpha value is -1.35. The Morgan fingerprint density at radius 1 is 1.39 bits per heavy atom. The molecular formula is C15H21NO2. The maximum Gasteiger partial charge on any atom is 0.222 e. The number of ether oxygens (including phenoxy) is 1. The van der Waals surface area contributed by atoms with Crippen LogP contribution in [0.2, 0.25) is 0 Å². The van der Waals surface area contributed by atoms with Crippen molar-refractivity contribution in [1.29, 1.82) is 0 Å². The second-order valence-electron chi connectivity index (χ2n) is 4.74. The molecule has 1 aliphatic rings. The van der Waals surface area contributed by atoms with E-state index in [1.165, 1.54) is 5.56 Å². The third-order valence-electron chi connectivity index (χ3n) is 3.42. The number of likely N-dealkylation sites (tertiary alicyclic amines) is 1. The first-order chi connectivity index (χ1) is 8.81. The molecule has 18 heavy (non-hydrogen) atoms. The SMILES string of the molecule is CCC(=O)N1CCC[C@H]1COCc1ccccc1. The molecular weight excluding hydrogens is 226 g/mol. The van der Waals surface area contributed by atoms with Gasteiger partial charge in [-0.3, -0.25) is 4.79 Å². The summed E-state index contributed by atoms with van der Waals surface area (Å²) in [6.07, 6.45) is 2.76. The fourth-order valence-electron chi connectivity index (χ4n) is 2.43. The van der Waals surface area contributed by atoms with Gasteiger partial charge in [-0.15, -0.1) is 0 Å². The molecule has 1 aromatic rings. The van der Waals surface area contributed by atoms with Crippen molar-refractivity contribution in [1.82, 2.24) is 4.90 Å². The van der Waals surface area contributed by atoms with Crippen LogP contribution >= 0.6 is 0 Å². The molecule has 0 saturated carbocycles.